The van der Waals surface area contributed by atoms with Gasteiger partial charge in [-0.2, -0.15) is 0 Å². The van der Waals surface area contributed by atoms with Crippen LogP contribution >= 0.6 is 11.3 Å². The van der Waals surface area contributed by atoms with Gasteiger partial charge in [-0.3, -0.25) is 14.5 Å². The zero-order chi connectivity index (χ0) is 19.3. The summed E-state index contributed by atoms with van der Waals surface area (Å²) in [6, 6.07) is 5.26. The van der Waals surface area contributed by atoms with Crippen molar-refractivity contribution in [1.82, 2.24) is 10.2 Å². The van der Waals surface area contributed by atoms with E-state index in [0.717, 1.165) is 44.9 Å². The lowest BCUT2D eigenvalue weighted by Crippen LogP contribution is -2.46. The van der Waals surface area contributed by atoms with E-state index in [-0.39, 0.29) is 18.2 Å². The van der Waals surface area contributed by atoms with Crippen LogP contribution in [-0.2, 0) is 16.8 Å². The first-order valence-corrected chi connectivity index (χ1v) is 10.0. The maximum atomic E-state index is 13.2. The summed E-state index contributed by atoms with van der Waals surface area (Å²) in [4.78, 5) is 40.9. The summed E-state index contributed by atoms with van der Waals surface area (Å²) >= 11 is 1.62. The van der Waals surface area contributed by atoms with Crippen LogP contribution in [0.15, 0.2) is 23.6 Å². The maximum absolute atomic E-state index is 13.2. The minimum absolute atomic E-state index is 0.211. The monoisotopic (exact) mass is 382 g/mol. The number of thiophene rings is 1. The number of urea groups is 1. The van der Waals surface area contributed by atoms with E-state index in [1.54, 1.807) is 11.3 Å². The Hall–Kier alpha value is -2.47. The van der Waals surface area contributed by atoms with Gasteiger partial charge in [-0.05, 0) is 74.2 Å². The van der Waals surface area contributed by atoms with E-state index in [1.807, 2.05) is 44.4 Å². The Morgan fingerprint density at radius 3 is 2.70 bits per heavy atom. The molecule has 27 heavy (non-hydrogen) atoms. The molecule has 1 saturated heterocycles. The molecule has 0 unspecified atom stereocenters. The quantitative estimate of drug-likeness (QED) is 0.651. The minimum atomic E-state index is -0.997. The van der Waals surface area contributed by atoms with Crippen molar-refractivity contribution in [3.05, 3.63) is 56.3 Å². The van der Waals surface area contributed by atoms with Crippen LogP contribution in [0.3, 0.4) is 0 Å². The molecule has 0 bridgehead atoms. The summed E-state index contributed by atoms with van der Waals surface area (Å²) in [5.74, 6) is -0.515. The number of amides is 3. The van der Waals surface area contributed by atoms with Crippen molar-refractivity contribution in [2.75, 3.05) is 6.54 Å². The molecule has 6 heteroatoms. The highest BCUT2D eigenvalue weighted by Gasteiger charge is 2.54. The Labute approximate surface area is 162 Å². The van der Waals surface area contributed by atoms with E-state index in [2.05, 4.69) is 5.32 Å². The van der Waals surface area contributed by atoms with Crippen LogP contribution in [0, 0.1) is 20.8 Å². The van der Waals surface area contributed by atoms with Gasteiger partial charge in [0.15, 0.2) is 5.78 Å². The molecule has 1 N–H and O–H groups in total. The third kappa shape index (κ3) is 2.70. The molecule has 1 spiro atoms. The second-order valence-corrected chi connectivity index (χ2v) is 8.51. The Morgan fingerprint density at radius 2 is 1.93 bits per heavy atom. The molecule has 1 atom stereocenters. The molecule has 2 aliphatic rings. The number of hydrogen-bond acceptors (Lipinski definition) is 4. The van der Waals surface area contributed by atoms with Crippen LogP contribution in [0.5, 0.6) is 0 Å². The SMILES string of the molecule is Cc1cc(C)c(C(=O)CN2C(=O)N[C@]3(CCCc4sccc43)C2=O)cc1C. The predicted molar refractivity (Wildman–Crippen MR) is 104 cm³/mol. The van der Waals surface area contributed by atoms with Crippen LogP contribution < -0.4 is 5.32 Å². The van der Waals surface area contributed by atoms with Crippen LogP contribution in [0.1, 0.15) is 50.3 Å². The lowest BCUT2D eigenvalue weighted by atomic mass is 9.80. The number of nitrogens with one attached hydrogen (secondary N) is 1. The molecule has 0 saturated carbocycles. The Kier molecular flexibility index (Phi) is 4.18. The number of ketones is 1. The fraction of sp³-hybridized carbons (Fsp3) is 0.381. The van der Waals surface area contributed by atoms with Gasteiger partial charge in [0.2, 0.25) is 0 Å². The summed E-state index contributed by atoms with van der Waals surface area (Å²) in [7, 11) is 0. The molecule has 5 nitrogen and oxygen atoms in total. The smallest absolute Gasteiger partial charge is 0.319 e. The molecule has 1 aromatic heterocycles. The molecule has 0 radical (unpaired) electrons. The van der Waals surface area contributed by atoms with Gasteiger partial charge in [-0.25, -0.2) is 4.79 Å². The Balaban J connectivity index is 1.63. The van der Waals surface area contributed by atoms with Crippen LogP contribution in [0.2, 0.25) is 0 Å². The zero-order valence-electron chi connectivity index (χ0n) is 15.7. The van der Waals surface area contributed by atoms with Crippen molar-refractivity contribution in [2.45, 2.75) is 45.6 Å². The number of fused-ring (bicyclic) bond motifs is 2. The molecule has 4 rings (SSSR count). The lowest BCUT2D eigenvalue weighted by Gasteiger charge is -2.31. The van der Waals surface area contributed by atoms with Gasteiger partial charge in [0.25, 0.3) is 5.91 Å². The van der Waals surface area contributed by atoms with Gasteiger partial charge < -0.3 is 5.32 Å². The standard InChI is InChI=1S/C21H22N2O3S/c1-12-9-14(3)15(10-13(12)2)17(24)11-23-19(25)21(22-20(23)26)7-4-5-18-16(21)6-8-27-18/h6,8-10H,4-5,7,11H2,1-3H3,(H,22,26)/t21-/m0/s1. The molecule has 2 heterocycles. The van der Waals surface area contributed by atoms with E-state index in [9.17, 15) is 14.4 Å². The molecule has 3 amide bonds. The molecule has 1 aliphatic carbocycles. The van der Waals surface area contributed by atoms with E-state index >= 15 is 0 Å². The first-order chi connectivity index (χ1) is 12.8. The fourth-order valence-electron chi connectivity index (χ4n) is 4.17. The Morgan fingerprint density at radius 1 is 1.19 bits per heavy atom. The summed E-state index contributed by atoms with van der Waals surface area (Å²) in [5.41, 5.74) is 3.47. The molecular weight excluding hydrogens is 360 g/mol. The zero-order valence-corrected chi connectivity index (χ0v) is 16.5. The molecule has 140 valence electrons. The summed E-state index contributed by atoms with van der Waals surface area (Å²) in [6.07, 6.45) is 2.35. The predicted octanol–water partition coefficient (Wildman–Crippen LogP) is 3.64. The number of benzene rings is 1. The van der Waals surface area contributed by atoms with Crippen molar-refractivity contribution in [3.8, 4) is 0 Å². The molecule has 1 aliphatic heterocycles. The van der Waals surface area contributed by atoms with E-state index < -0.39 is 11.6 Å². The van der Waals surface area contributed by atoms with Crippen molar-refractivity contribution in [2.24, 2.45) is 0 Å². The van der Waals surface area contributed by atoms with Gasteiger partial charge in [-0.1, -0.05) is 6.07 Å². The van der Waals surface area contributed by atoms with E-state index in [1.165, 1.54) is 0 Å². The number of rotatable bonds is 3. The molecule has 2 aromatic rings. The highest BCUT2D eigenvalue weighted by Crippen LogP contribution is 2.42. The molecule has 1 aromatic carbocycles. The van der Waals surface area contributed by atoms with Crippen molar-refractivity contribution < 1.29 is 14.4 Å². The molecular formula is C21H22N2O3S. The van der Waals surface area contributed by atoms with Gasteiger partial charge in [0.05, 0.1) is 6.54 Å². The van der Waals surface area contributed by atoms with Gasteiger partial charge in [-0.15, -0.1) is 11.3 Å². The summed E-state index contributed by atoms with van der Waals surface area (Å²) < 4.78 is 0. The Bertz CT molecular complexity index is 978. The number of nitrogens with zero attached hydrogens (tertiary/aromatic N) is 1. The van der Waals surface area contributed by atoms with E-state index in [0.29, 0.717) is 12.0 Å². The highest BCUT2D eigenvalue weighted by atomic mass is 32.1. The first-order valence-electron chi connectivity index (χ1n) is 9.15. The van der Waals surface area contributed by atoms with Gasteiger partial charge >= 0.3 is 6.03 Å². The number of carbonyl (C=O) groups is 3. The largest absolute Gasteiger partial charge is 0.325 e. The number of Topliss-reactive ketones (excluding diaryl/α,β-unsaturated/α-hetero) is 1. The lowest BCUT2D eigenvalue weighted by molar-refractivity contribution is -0.131. The number of imide groups is 1. The topological polar surface area (TPSA) is 66.5 Å². The normalized spacial score (nSPS) is 21.5. The van der Waals surface area contributed by atoms with Crippen LogP contribution in [-0.4, -0.2) is 29.2 Å². The number of aryl methyl sites for hydroxylation is 4. The average molecular weight is 382 g/mol. The van der Waals surface area contributed by atoms with Crippen molar-refractivity contribution in [1.29, 1.82) is 0 Å². The van der Waals surface area contributed by atoms with Crippen molar-refractivity contribution in [3.63, 3.8) is 0 Å². The first kappa shape index (κ1) is 17.9. The van der Waals surface area contributed by atoms with Crippen molar-refractivity contribution >= 4 is 29.1 Å². The number of hydrogen-bond donors (Lipinski definition) is 1. The minimum Gasteiger partial charge on any atom is -0.319 e. The third-order valence-corrected chi connectivity index (χ3v) is 6.76. The van der Waals surface area contributed by atoms with Crippen LogP contribution in [0.25, 0.3) is 0 Å². The second kappa shape index (κ2) is 6.30. The third-order valence-electron chi connectivity index (χ3n) is 5.78. The fourth-order valence-corrected chi connectivity index (χ4v) is 5.17. The van der Waals surface area contributed by atoms with Gasteiger partial charge in [0, 0.05) is 16.0 Å². The average Bonchev–Trinajstić information content (AvgIpc) is 3.19. The van der Waals surface area contributed by atoms with Gasteiger partial charge in [0.1, 0.15) is 5.54 Å². The maximum Gasteiger partial charge on any atom is 0.325 e. The summed E-state index contributed by atoms with van der Waals surface area (Å²) in [6.45, 7) is 5.61. The second-order valence-electron chi connectivity index (χ2n) is 7.51. The number of carbonyl (C=O) groups excluding carboxylic acids is 3. The molecule has 1 fully saturated rings. The van der Waals surface area contributed by atoms with Crippen LogP contribution in [0.4, 0.5) is 4.79 Å². The highest BCUT2D eigenvalue weighted by molar-refractivity contribution is 7.10. The summed E-state index contributed by atoms with van der Waals surface area (Å²) in [5, 5.41) is 4.86. The van der Waals surface area contributed by atoms with E-state index in [4.69, 9.17) is 0 Å².